The Morgan fingerprint density at radius 3 is 2.71 bits per heavy atom. The number of hydrogen-bond acceptors (Lipinski definition) is 3. The average Bonchev–Trinajstić information content (AvgIpc) is 2.48. The summed E-state index contributed by atoms with van der Waals surface area (Å²) in [5.74, 6) is -0.441. The van der Waals surface area contributed by atoms with Crippen molar-refractivity contribution in [3.8, 4) is 0 Å². The van der Waals surface area contributed by atoms with E-state index < -0.39 is 5.60 Å². The molecule has 0 unspecified atom stereocenters. The number of piperidine rings is 1. The number of hydrogen-bond donors (Lipinski definition) is 2. The zero-order chi connectivity index (χ0) is 15.3. The van der Waals surface area contributed by atoms with Crippen molar-refractivity contribution in [2.45, 2.75) is 18.4 Å². The molecule has 1 heterocycles. The predicted molar refractivity (Wildman–Crippen MR) is 79.2 cm³/mol. The molecule has 5 heteroatoms. The van der Waals surface area contributed by atoms with Gasteiger partial charge in [0.15, 0.2) is 0 Å². The van der Waals surface area contributed by atoms with Crippen molar-refractivity contribution in [1.29, 1.82) is 0 Å². The number of nitrogens with one attached hydrogen (secondary N) is 1. The van der Waals surface area contributed by atoms with E-state index in [1.807, 2.05) is 4.90 Å². The molecule has 0 saturated carbocycles. The lowest BCUT2D eigenvalue weighted by atomic mass is 9.84. The maximum atomic E-state index is 13.8. The molecular weight excluding hydrogens is 271 g/mol. The van der Waals surface area contributed by atoms with Gasteiger partial charge in [-0.15, -0.1) is 6.58 Å². The number of halogens is 1. The molecule has 21 heavy (non-hydrogen) atoms. The maximum absolute atomic E-state index is 13.8. The van der Waals surface area contributed by atoms with Crippen molar-refractivity contribution < 1.29 is 14.3 Å². The Labute approximate surface area is 124 Å². The van der Waals surface area contributed by atoms with E-state index in [9.17, 15) is 14.3 Å². The average molecular weight is 292 g/mol. The van der Waals surface area contributed by atoms with E-state index in [4.69, 9.17) is 0 Å². The Bertz CT molecular complexity index is 511. The summed E-state index contributed by atoms with van der Waals surface area (Å²) < 4.78 is 13.8. The molecule has 0 spiro atoms. The number of likely N-dealkylation sites (tertiary alicyclic amines) is 1. The number of rotatable bonds is 5. The van der Waals surface area contributed by atoms with Gasteiger partial charge >= 0.3 is 0 Å². The zero-order valence-corrected chi connectivity index (χ0v) is 12.0. The Morgan fingerprint density at radius 2 is 2.10 bits per heavy atom. The van der Waals surface area contributed by atoms with Gasteiger partial charge in [-0.25, -0.2) is 4.39 Å². The number of carbonyl (C=O) groups is 1. The Hall–Kier alpha value is -1.72. The van der Waals surface area contributed by atoms with Gasteiger partial charge in [0.2, 0.25) is 5.91 Å². The van der Waals surface area contributed by atoms with E-state index in [0.717, 1.165) is 0 Å². The molecule has 1 fully saturated rings. The van der Waals surface area contributed by atoms with E-state index in [0.29, 0.717) is 44.6 Å². The van der Waals surface area contributed by atoms with Crippen molar-refractivity contribution in [3.05, 3.63) is 48.3 Å². The summed E-state index contributed by atoms with van der Waals surface area (Å²) in [6.07, 6.45) is 2.47. The number of amides is 1. The standard InChI is InChI=1S/C16H21FN2O2/c1-2-9-18-15(20)12-19-10-7-16(21,8-11-19)13-5-3-4-6-14(13)17/h2-6,21H,1,7-12H2,(H,18,20). The summed E-state index contributed by atoms with van der Waals surface area (Å²) in [6.45, 7) is 5.41. The Balaban J connectivity index is 1.92. The molecule has 0 aromatic heterocycles. The van der Waals surface area contributed by atoms with Gasteiger partial charge in [-0.3, -0.25) is 9.69 Å². The lowest BCUT2D eigenvalue weighted by Crippen LogP contribution is -2.46. The second-order valence-electron chi connectivity index (χ2n) is 5.38. The van der Waals surface area contributed by atoms with Crippen LogP contribution in [0.15, 0.2) is 36.9 Å². The van der Waals surface area contributed by atoms with Crippen LogP contribution in [0, 0.1) is 5.82 Å². The van der Waals surface area contributed by atoms with Crippen LogP contribution in [0.5, 0.6) is 0 Å². The molecule has 1 saturated heterocycles. The SMILES string of the molecule is C=CCNC(=O)CN1CCC(O)(c2ccccc2F)CC1. The van der Waals surface area contributed by atoms with E-state index in [1.54, 1.807) is 24.3 Å². The minimum Gasteiger partial charge on any atom is -0.385 e. The minimum absolute atomic E-state index is 0.0637. The van der Waals surface area contributed by atoms with Crippen LogP contribution in [0.4, 0.5) is 4.39 Å². The summed E-state index contributed by atoms with van der Waals surface area (Å²) in [7, 11) is 0. The van der Waals surface area contributed by atoms with Crippen LogP contribution in [0.3, 0.4) is 0 Å². The van der Waals surface area contributed by atoms with Crippen LogP contribution >= 0.6 is 0 Å². The number of carbonyl (C=O) groups excluding carboxylic acids is 1. The molecule has 0 aliphatic carbocycles. The fraction of sp³-hybridized carbons (Fsp3) is 0.438. The third-order valence-electron chi connectivity index (χ3n) is 3.87. The first kappa shape index (κ1) is 15.7. The lowest BCUT2D eigenvalue weighted by molar-refractivity contribution is -0.123. The van der Waals surface area contributed by atoms with Crippen molar-refractivity contribution in [1.82, 2.24) is 10.2 Å². The smallest absolute Gasteiger partial charge is 0.234 e. The molecule has 4 nitrogen and oxygen atoms in total. The molecule has 1 amide bonds. The number of nitrogens with zero attached hydrogens (tertiary/aromatic N) is 1. The molecule has 2 rings (SSSR count). The van der Waals surface area contributed by atoms with Gasteiger partial charge in [-0.1, -0.05) is 24.3 Å². The molecule has 114 valence electrons. The van der Waals surface area contributed by atoms with Crippen LogP contribution in [-0.4, -0.2) is 42.1 Å². The first-order valence-corrected chi connectivity index (χ1v) is 7.12. The van der Waals surface area contributed by atoms with E-state index >= 15 is 0 Å². The largest absolute Gasteiger partial charge is 0.385 e. The molecule has 1 aromatic carbocycles. The summed E-state index contributed by atoms with van der Waals surface area (Å²) in [4.78, 5) is 13.6. The van der Waals surface area contributed by atoms with E-state index in [2.05, 4.69) is 11.9 Å². The molecular formula is C16H21FN2O2. The highest BCUT2D eigenvalue weighted by Crippen LogP contribution is 2.34. The number of aliphatic hydroxyl groups is 1. The number of benzene rings is 1. The Morgan fingerprint density at radius 1 is 1.43 bits per heavy atom. The first-order valence-electron chi connectivity index (χ1n) is 7.12. The van der Waals surface area contributed by atoms with Gasteiger partial charge in [-0.2, -0.15) is 0 Å². The third-order valence-corrected chi connectivity index (χ3v) is 3.87. The van der Waals surface area contributed by atoms with Crippen LogP contribution in [0.1, 0.15) is 18.4 Å². The van der Waals surface area contributed by atoms with E-state index in [-0.39, 0.29) is 11.7 Å². The highest BCUT2D eigenvalue weighted by molar-refractivity contribution is 5.78. The van der Waals surface area contributed by atoms with Crippen molar-refractivity contribution in [3.63, 3.8) is 0 Å². The summed E-state index contributed by atoms with van der Waals surface area (Å²) in [5.41, 5.74) is -0.792. The molecule has 1 aliphatic heterocycles. The molecule has 1 aromatic rings. The van der Waals surface area contributed by atoms with Crippen LogP contribution < -0.4 is 5.32 Å². The molecule has 2 N–H and O–H groups in total. The Kier molecular flexibility index (Phi) is 5.09. The zero-order valence-electron chi connectivity index (χ0n) is 12.0. The summed E-state index contributed by atoms with van der Waals surface area (Å²) in [5, 5.41) is 13.4. The van der Waals surface area contributed by atoms with Gasteiger partial charge in [0.05, 0.1) is 12.1 Å². The predicted octanol–water partition coefficient (Wildman–Crippen LogP) is 1.41. The minimum atomic E-state index is -1.14. The van der Waals surface area contributed by atoms with Gasteiger partial charge in [-0.05, 0) is 18.9 Å². The van der Waals surface area contributed by atoms with Crippen LogP contribution in [0.25, 0.3) is 0 Å². The molecule has 0 bridgehead atoms. The fourth-order valence-electron chi connectivity index (χ4n) is 2.63. The first-order chi connectivity index (χ1) is 10.0. The normalized spacial score (nSPS) is 18.2. The van der Waals surface area contributed by atoms with Gasteiger partial charge in [0.25, 0.3) is 0 Å². The van der Waals surface area contributed by atoms with Gasteiger partial charge < -0.3 is 10.4 Å². The third kappa shape index (κ3) is 3.89. The molecule has 1 aliphatic rings. The quantitative estimate of drug-likeness (QED) is 0.807. The molecule has 0 radical (unpaired) electrons. The topological polar surface area (TPSA) is 52.6 Å². The highest BCUT2D eigenvalue weighted by Gasteiger charge is 2.36. The summed E-state index contributed by atoms with van der Waals surface area (Å²) >= 11 is 0. The van der Waals surface area contributed by atoms with Crippen molar-refractivity contribution in [2.24, 2.45) is 0 Å². The summed E-state index contributed by atoms with van der Waals surface area (Å²) in [6, 6.07) is 6.33. The fourth-order valence-corrected chi connectivity index (χ4v) is 2.63. The van der Waals surface area contributed by atoms with Gasteiger partial charge in [0.1, 0.15) is 5.82 Å². The lowest BCUT2D eigenvalue weighted by Gasteiger charge is -2.38. The highest BCUT2D eigenvalue weighted by atomic mass is 19.1. The monoisotopic (exact) mass is 292 g/mol. The van der Waals surface area contributed by atoms with Crippen molar-refractivity contribution in [2.75, 3.05) is 26.2 Å². The van der Waals surface area contributed by atoms with E-state index in [1.165, 1.54) is 6.07 Å². The van der Waals surface area contributed by atoms with Crippen molar-refractivity contribution >= 4 is 5.91 Å². The maximum Gasteiger partial charge on any atom is 0.234 e. The second-order valence-corrected chi connectivity index (χ2v) is 5.38. The van der Waals surface area contributed by atoms with Gasteiger partial charge in [0, 0.05) is 25.2 Å². The molecule has 0 atom stereocenters. The van der Waals surface area contributed by atoms with Crippen LogP contribution in [0.2, 0.25) is 0 Å². The van der Waals surface area contributed by atoms with Crippen LogP contribution in [-0.2, 0) is 10.4 Å². The second kappa shape index (κ2) is 6.83.